The molecule has 0 fully saturated rings. The fourth-order valence-electron chi connectivity index (χ4n) is 1.29. The van der Waals surface area contributed by atoms with Crippen LogP contribution < -0.4 is 5.32 Å². The molecule has 1 aromatic heterocycles. The monoisotopic (exact) mass is 270 g/mol. The summed E-state index contributed by atoms with van der Waals surface area (Å²) in [6.45, 7) is 1.76. The van der Waals surface area contributed by atoms with Crippen molar-refractivity contribution in [3.63, 3.8) is 0 Å². The van der Waals surface area contributed by atoms with E-state index in [-0.39, 0.29) is 12.2 Å². The maximum absolute atomic E-state index is 10.6. The molecule has 5 nitrogen and oxygen atoms in total. The number of nitrogens with zero attached hydrogens (tertiary/aromatic N) is 1. The summed E-state index contributed by atoms with van der Waals surface area (Å²) in [6.07, 6.45) is 2.21. The highest BCUT2D eigenvalue weighted by Crippen LogP contribution is 2.02. The molecule has 0 aliphatic heterocycles. The summed E-state index contributed by atoms with van der Waals surface area (Å²) in [5, 5.41) is 20.6. The summed E-state index contributed by atoms with van der Waals surface area (Å²) in [5.74, 6) is 1.01. The zero-order valence-corrected chi connectivity index (χ0v) is 10.9. The lowest BCUT2D eigenvalue weighted by atomic mass is 10.2. The van der Waals surface area contributed by atoms with Crippen LogP contribution in [0.1, 0.15) is 22.5 Å². The van der Waals surface area contributed by atoms with E-state index in [0.29, 0.717) is 6.54 Å². The predicted molar refractivity (Wildman–Crippen MR) is 71.9 cm³/mol. The first kappa shape index (κ1) is 14.9. The third-order valence-corrected chi connectivity index (χ3v) is 3.32. The molecule has 0 unspecified atom stereocenters. The van der Waals surface area contributed by atoms with Crippen molar-refractivity contribution < 1.29 is 15.0 Å². The fourth-order valence-corrected chi connectivity index (χ4v) is 2.11. The molecule has 3 N–H and O–H groups in total. The molecule has 0 aliphatic carbocycles. The molecule has 0 amide bonds. The maximum atomic E-state index is 10.6. The van der Waals surface area contributed by atoms with E-state index in [1.807, 2.05) is 0 Å². The first-order chi connectivity index (χ1) is 8.74. The Morgan fingerprint density at radius 2 is 2.22 bits per heavy atom. The van der Waals surface area contributed by atoms with Gasteiger partial charge in [-0.25, -0.2) is 4.79 Å². The average Bonchev–Trinajstić information content (AvgIpc) is 2.38. The Kier molecular flexibility index (Phi) is 7.40. The Labute approximate surface area is 111 Å². The van der Waals surface area contributed by atoms with Crippen molar-refractivity contribution in [3.8, 4) is 0 Å². The molecule has 0 radical (unpaired) electrons. The van der Waals surface area contributed by atoms with Crippen LogP contribution in [0.25, 0.3) is 0 Å². The van der Waals surface area contributed by atoms with Crippen molar-refractivity contribution in [1.29, 1.82) is 0 Å². The van der Waals surface area contributed by atoms with E-state index < -0.39 is 5.97 Å². The van der Waals surface area contributed by atoms with Crippen LogP contribution in [-0.2, 0) is 6.54 Å². The summed E-state index contributed by atoms with van der Waals surface area (Å²) in [6, 6.07) is 3.28. The topological polar surface area (TPSA) is 82.5 Å². The number of thioether (sulfide) groups is 1. The van der Waals surface area contributed by atoms with Crippen LogP contribution >= 0.6 is 11.8 Å². The van der Waals surface area contributed by atoms with E-state index in [9.17, 15) is 4.79 Å². The first-order valence-electron chi connectivity index (χ1n) is 5.81. The third kappa shape index (κ3) is 6.00. The van der Waals surface area contributed by atoms with Gasteiger partial charge in [0, 0.05) is 31.6 Å². The Bertz CT molecular complexity index is 357. The number of hydrogen-bond acceptors (Lipinski definition) is 5. The number of aromatic nitrogens is 1. The maximum Gasteiger partial charge on any atom is 0.337 e. The van der Waals surface area contributed by atoms with Crippen LogP contribution in [-0.4, -0.2) is 45.8 Å². The lowest BCUT2D eigenvalue weighted by Crippen LogP contribution is -2.17. The van der Waals surface area contributed by atoms with Gasteiger partial charge in [-0.3, -0.25) is 4.98 Å². The van der Waals surface area contributed by atoms with Crippen molar-refractivity contribution in [1.82, 2.24) is 10.3 Å². The molecule has 6 heteroatoms. The largest absolute Gasteiger partial charge is 0.478 e. The van der Waals surface area contributed by atoms with Crippen LogP contribution in [0.2, 0.25) is 0 Å². The van der Waals surface area contributed by atoms with Gasteiger partial charge in [-0.05, 0) is 24.3 Å². The molecule has 0 saturated heterocycles. The molecule has 1 heterocycles. The number of carboxylic acid groups (broad SMARTS) is 1. The molecule has 0 spiro atoms. The lowest BCUT2D eigenvalue weighted by Gasteiger charge is -2.04. The van der Waals surface area contributed by atoms with Gasteiger partial charge in [-0.2, -0.15) is 11.8 Å². The van der Waals surface area contributed by atoms with Gasteiger partial charge in [0.1, 0.15) is 0 Å². The van der Waals surface area contributed by atoms with Gasteiger partial charge in [0.05, 0.1) is 11.3 Å². The van der Waals surface area contributed by atoms with Crippen LogP contribution in [0, 0.1) is 0 Å². The van der Waals surface area contributed by atoms with E-state index in [1.165, 1.54) is 6.20 Å². The fraction of sp³-hybridized carbons (Fsp3) is 0.500. The molecule has 1 aromatic rings. The smallest absolute Gasteiger partial charge is 0.337 e. The Morgan fingerprint density at radius 1 is 1.39 bits per heavy atom. The van der Waals surface area contributed by atoms with E-state index >= 15 is 0 Å². The number of aliphatic hydroxyl groups is 1. The van der Waals surface area contributed by atoms with Gasteiger partial charge in [0.15, 0.2) is 0 Å². The quantitative estimate of drug-likeness (QED) is 0.580. The van der Waals surface area contributed by atoms with Gasteiger partial charge < -0.3 is 15.5 Å². The second-order valence-electron chi connectivity index (χ2n) is 3.71. The molecule has 0 aliphatic rings. The zero-order chi connectivity index (χ0) is 13.2. The predicted octanol–water partition coefficient (Wildman–Crippen LogP) is 0.985. The first-order valence-corrected chi connectivity index (χ1v) is 6.97. The highest BCUT2D eigenvalue weighted by molar-refractivity contribution is 7.99. The minimum absolute atomic E-state index is 0.207. The molecule has 18 heavy (non-hydrogen) atoms. The summed E-state index contributed by atoms with van der Waals surface area (Å²) >= 11 is 1.80. The molecule has 0 atom stereocenters. The second kappa shape index (κ2) is 8.91. The Morgan fingerprint density at radius 3 is 2.83 bits per heavy atom. The summed E-state index contributed by atoms with van der Waals surface area (Å²) < 4.78 is 0. The molecule has 0 bridgehead atoms. The van der Waals surface area contributed by atoms with Crippen LogP contribution in [0.3, 0.4) is 0 Å². The Hall–Kier alpha value is -1.11. The number of carbonyl (C=O) groups is 1. The summed E-state index contributed by atoms with van der Waals surface area (Å²) in [7, 11) is 0. The number of aromatic carboxylic acids is 1. The minimum Gasteiger partial charge on any atom is -0.478 e. The molecule has 100 valence electrons. The van der Waals surface area contributed by atoms with Crippen LogP contribution in [0.15, 0.2) is 18.3 Å². The molecule has 1 rings (SSSR count). The average molecular weight is 270 g/mol. The zero-order valence-electron chi connectivity index (χ0n) is 10.1. The van der Waals surface area contributed by atoms with Gasteiger partial charge in [-0.15, -0.1) is 0 Å². The van der Waals surface area contributed by atoms with Crippen molar-refractivity contribution >= 4 is 17.7 Å². The Balaban J connectivity index is 2.14. The second-order valence-corrected chi connectivity index (χ2v) is 4.93. The van der Waals surface area contributed by atoms with E-state index in [1.54, 1.807) is 23.9 Å². The van der Waals surface area contributed by atoms with Crippen molar-refractivity contribution in [2.45, 2.75) is 13.0 Å². The number of pyridine rings is 1. The molecular formula is C12H18N2O3S. The normalized spacial score (nSPS) is 10.5. The summed E-state index contributed by atoms with van der Waals surface area (Å²) in [5.41, 5.74) is 1.04. The minimum atomic E-state index is -0.956. The number of aliphatic hydroxyl groups excluding tert-OH is 1. The standard InChI is InChI=1S/C12H18N2O3S/c15-5-1-6-18-7-4-13-9-11-3-2-10(8-14-11)12(16)17/h2-3,8,13,15H,1,4-7,9H2,(H,16,17). The highest BCUT2D eigenvalue weighted by Gasteiger charge is 2.02. The highest BCUT2D eigenvalue weighted by atomic mass is 32.2. The number of rotatable bonds is 9. The van der Waals surface area contributed by atoms with Crippen molar-refractivity contribution in [3.05, 3.63) is 29.6 Å². The molecule has 0 aromatic carbocycles. The molecular weight excluding hydrogens is 252 g/mol. The number of carboxylic acids is 1. The number of hydrogen-bond donors (Lipinski definition) is 3. The van der Waals surface area contributed by atoms with Crippen LogP contribution in [0.4, 0.5) is 0 Å². The van der Waals surface area contributed by atoms with Gasteiger partial charge >= 0.3 is 5.97 Å². The summed E-state index contributed by atoms with van der Waals surface area (Å²) in [4.78, 5) is 14.7. The van der Waals surface area contributed by atoms with Crippen molar-refractivity contribution in [2.24, 2.45) is 0 Å². The molecule has 0 saturated carbocycles. The van der Waals surface area contributed by atoms with Crippen molar-refractivity contribution in [2.75, 3.05) is 24.7 Å². The van der Waals surface area contributed by atoms with E-state index in [2.05, 4.69) is 10.3 Å². The van der Waals surface area contributed by atoms with Gasteiger partial charge in [0.25, 0.3) is 0 Å². The van der Waals surface area contributed by atoms with E-state index in [4.69, 9.17) is 10.2 Å². The lowest BCUT2D eigenvalue weighted by molar-refractivity contribution is 0.0696. The van der Waals surface area contributed by atoms with Gasteiger partial charge in [0.2, 0.25) is 0 Å². The van der Waals surface area contributed by atoms with E-state index in [0.717, 1.165) is 30.2 Å². The van der Waals surface area contributed by atoms with Gasteiger partial charge in [-0.1, -0.05) is 0 Å². The number of nitrogens with one attached hydrogen (secondary N) is 1. The third-order valence-electron chi connectivity index (χ3n) is 2.25. The SMILES string of the molecule is O=C(O)c1ccc(CNCCSCCCO)nc1. The van der Waals surface area contributed by atoms with Crippen LogP contribution in [0.5, 0.6) is 0 Å².